The number of carbonyl (C=O) groups excluding carboxylic acids is 1. The number of thiazole rings is 1. The fourth-order valence-corrected chi connectivity index (χ4v) is 4.24. The second-order valence-corrected chi connectivity index (χ2v) is 7.73. The van der Waals surface area contributed by atoms with Gasteiger partial charge in [-0.3, -0.25) is 9.69 Å². The third-order valence-corrected chi connectivity index (χ3v) is 5.36. The number of amides is 1. The lowest BCUT2D eigenvalue weighted by Crippen LogP contribution is -2.26. The van der Waals surface area contributed by atoms with Crippen molar-refractivity contribution in [2.45, 2.75) is 46.2 Å². The molecule has 2 aromatic rings. The number of carbonyl (C=O) groups is 1. The highest BCUT2D eigenvalue weighted by atomic mass is 32.1. The fourth-order valence-electron chi connectivity index (χ4n) is 3.32. The molecule has 0 spiro atoms. The van der Waals surface area contributed by atoms with Crippen molar-refractivity contribution in [3.63, 3.8) is 0 Å². The molecule has 134 valence electrons. The van der Waals surface area contributed by atoms with Crippen LogP contribution in [0.1, 0.15) is 36.5 Å². The molecule has 0 unspecified atom stereocenters. The van der Waals surface area contributed by atoms with Crippen LogP contribution in [0.4, 0.5) is 9.52 Å². The van der Waals surface area contributed by atoms with E-state index in [2.05, 4.69) is 32.1 Å². The first-order valence-electron chi connectivity index (χ1n) is 8.35. The van der Waals surface area contributed by atoms with E-state index in [0.717, 1.165) is 30.8 Å². The van der Waals surface area contributed by atoms with Crippen LogP contribution in [-0.4, -0.2) is 38.3 Å². The number of halogens is 1. The van der Waals surface area contributed by atoms with E-state index in [1.54, 1.807) is 6.33 Å². The molecule has 0 radical (unpaired) electrons. The number of hydrogen-bond donors (Lipinski definition) is 1. The van der Waals surface area contributed by atoms with E-state index in [4.69, 9.17) is 0 Å². The van der Waals surface area contributed by atoms with Gasteiger partial charge in [0, 0.05) is 37.4 Å². The van der Waals surface area contributed by atoms with Crippen molar-refractivity contribution < 1.29 is 9.18 Å². The molecule has 1 fully saturated rings. The lowest BCUT2D eigenvalue weighted by atomic mass is 10.00. The molecule has 0 bridgehead atoms. The maximum atomic E-state index is 14.0. The molecule has 1 amide bonds. The van der Waals surface area contributed by atoms with Gasteiger partial charge < -0.3 is 5.32 Å². The Balaban J connectivity index is 1.62. The first-order valence-corrected chi connectivity index (χ1v) is 9.16. The highest BCUT2D eigenvalue weighted by molar-refractivity contribution is 7.15. The van der Waals surface area contributed by atoms with Crippen molar-refractivity contribution in [2.75, 3.05) is 11.9 Å². The highest BCUT2D eigenvalue weighted by Crippen LogP contribution is 2.30. The zero-order valence-electron chi connectivity index (χ0n) is 14.6. The second-order valence-electron chi connectivity index (χ2n) is 6.65. The van der Waals surface area contributed by atoms with Gasteiger partial charge in [0.05, 0.1) is 4.88 Å². The molecule has 0 saturated carbocycles. The van der Waals surface area contributed by atoms with Crippen molar-refractivity contribution in [1.29, 1.82) is 0 Å². The van der Waals surface area contributed by atoms with Crippen molar-refractivity contribution in [3.05, 3.63) is 34.6 Å². The molecule has 2 aromatic heterocycles. The van der Waals surface area contributed by atoms with Crippen LogP contribution in [0, 0.1) is 18.8 Å². The summed E-state index contributed by atoms with van der Waals surface area (Å²) in [7, 11) is 0. The number of aryl methyl sites for hydroxylation is 1. The van der Waals surface area contributed by atoms with E-state index in [-0.39, 0.29) is 5.91 Å². The SMILES string of the molecule is CC(=O)Nc1nc(F)c(CN2C[C@@H](Cc3cc(C)ncn3)C[C@H]2C)s1. The smallest absolute Gasteiger partial charge is 0.230 e. The predicted octanol–water partition coefficient (Wildman–Crippen LogP) is 2.79. The molecule has 2 atom stereocenters. The molecule has 0 aliphatic carbocycles. The Morgan fingerprint density at radius 2 is 2.28 bits per heavy atom. The number of nitrogens with zero attached hydrogens (tertiary/aromatic N) is 4. The van der Waals surface area contributed by atoms with E-state index in [0.29, 0.717) is 28.5 Å². The Morgan fingerprint density at radius 3 is 3.00 bits per heavy atom. The number of anilines is 1. The standard InChI is InChI=1S/C17H22FN5OS/c1-10-4-14(20-9-19-10)6-13-5-11(2)23(7-13)8-15-16(18)22-17(25-15)21-12(3)24/h4,9,11,13H,5-8H2,1-3H3,(H,21,22,24)/t11-,13-/m1/s1. The fraction of sp³-hybridized carbons (Fsp3) is 0.529. The third kappa shape index (κ3) is 4.58. The molecule has 3 rings (SSSR count). The minimum absolute atomic E-state index is 0.241. The van der Waals surface area contributed by atoms with Gasteiger partial charge in [-0.1, -0.05) is 11.3 Å². The minimum atomic E-state index is -0.490. The molecule has 8 heteroatoms. The number of rotatable bonds is 5. The Kier molecular flexibility index (Phi) is 5.39. The third-order valence-electron chi connectivity index (χ3n) is 4.43. The summed E-state index contributed by atoms with van der Waals surface area (Å²) in [6.07, 6.45) is 3.58. The van der Waals surface area contributed by atoms with Crippen molar-refractivity contribution >= 4 is 22.4 Å². The van der Waals surface area contributed by atoms with Gasteiger partial charge >= 0.3 is 0 Å². The number of hydrogen-bond acceptors (Lipinski definition) is 6. The molecule has 6 nitrogen and oxygen atoms in total. The van der Waals surface area contributed by atoms with E-state index in [1.165, 1.54) is 18.3 Å². The summed E-state index contributed by atoms with van der Waals surface area (Å²) >= 11 is 1.20. The van der Waals surface area contributed by atoms with Crippen molar-refractivity contribution in [1.82, 2.24) is 19.9 Å². The summed E-state index contributed by atoms with van der Waals surface area (Å²) < 4.78 is 14.0. The predicted molar refractivity (Wildman–Crippen MR) is 94.8 cm³/mol. The first kappa shape index (κ1) is 17.9. The maximum Gasteiger partial charge on any atom is 0.230 e. The highest BCUT2D eigenvalue weighted by Gasteiger charge is 2.30. The molecule has 1 aliphatic rings. The van der Waals surface area contributed by atoms with Crippen LogP contribution in [0.3, 0.4) is 0 Å². The summed E-state index contributed by atoms with van der Waals surface area (Å²) in [4.78, 5) is 26.2. The van der Waals surface area contributed by atoms with Gasteiger partial charge in [-0.05, 0) is 38.7 Å². The van der Waals surface area contributed by atoms with Crippen LogP contribution in [-0.2, 0) is 17.8 Å². The van der Waals surface area contributed by atoms with Crippen LogP contribution in [0.2, 0.25) is 0 Å². The second kappa shape index (κ2) is 7.53. The molecule has 0 aromatic carbocycles. The van der Waals surface area contributed by atoms with Gasteiger partial charge in [-0.25, -0.2) is 9.97 Å². The summed E-state index contributed by atoms with van der Waals surface area (Å²) in [6.45, 7) is 6.94. The van der Waals surface area contributed by atoms with E-state index in [1.807, 2.05) is 13.0 Å². The average Bonchev–Trinajstić information content (AvgIpc) is 3.02. The zero-order chi connectivity index (χ0) is 18.0. The Bertz CT molecular complexity index is 765. The summed E-state index contributed by atoms with van der Waals surface area (Å²) in [5.74, 6) is -0.235. The summed E-state index contributed by atoms with van der Waals surface area (Å²) in [5.41, 5.74) is 2.04. The van der Waals surface area contributed by atoms with Crippen LogP contribution in [0.5, 0.6) is 0 Å². The number of aromatic nitrogens is 3. The van der Waals surface area contributed by atoms with Gasteiger partial charge in [0.2, 0.25) is 11.9 Å². The van der Waals surface area contributed by atoms with E-state index in [9.17, 15) is 9.18 Å². The van der Waals surface area contributed by atoms with Crippen LogP contribution >= 0.6 is 11.3 Å². The first-order chi connectivity index (χ1) is 11.9. The van der Waals surface area contributed by atoms with E-state index >= 15 is 0 Å². The van der Waals surface area contributed by atoms with Gasteiger partial charge in [0.15, 0.2) is 5.13 Å². The topological polar surface area (TPSA) is 71.0 Å². The van der Waals surface area contributed by atoms with Gasteiger partial charge in [0.25, 0.3) is 0 Å². The number of nitrogens with one attached hydrogen (secondary N) is 1. The van der Waals surface area contributed by atoms with Gasteiger partial charge in [-0.2, -0.15) is 9.37 Å². The Hall–Kier alpha value is -1.93. The largest absolute Gasteiger partial charge is 0.302 e. The average molecular weight is 363 g/mol. The molecule has 25 heavy (non-hydrogen) atoms. The van der Waals surface area contributed by atoms with Crippen molar-refractivity contribution in [2.24, 2.45) is 5.92 Å². The maximum absolute atomic E-state index is 14.0. The molecule has 3 heterocycles. The summed E-state index contributed by atoms with van der Waals surface area (Å²) in [6, 6.07) is 2.40. The monoisotopic (exact) mass is 363 g/mol. The van der Waals surface area contributed by atoms with E-state index < -0.39 is 5.95 Å². The van der Waals surface area contributed by atoms with Crippen LogP contribution in [0.25, 0.3) is 0 Å². The van der Waals surface area contributed by atoms with Gasteiger partial charge in [0.1, 0.15) is 6.33 Å². The van der Waals surface area contributed by atoms with Crippen LogP contribution in [0.15, 0.2) is 12.4 Å². The lowest BCUT2D eigenvalue weighted by molar-refractivity contribution is -0.114. The Labute approximate surface area is 150 Å². The van der Waals surface area contributed by atoms with Gasteiger partial charge in [-0.15, -0.1) is 0 Å². The Morgan fingerprint density at radius 1 is 1.48 bits per heavy atom. The quantitative estimate of drug-likeness (QED) is 0.884. The van der Waals surface area contributed by atoms with Crippen LogP contribution < -0.4 is 5.32 Å². The zero-order valence-corrected chi connectivity index (χ0v) is 15.4. The minimum Gasteiger partial charge on any atom is -0.302 e. The molecule has 1 saturated heterocycles. The molecule has 1 N–H and O–H groups in total. The normalized spacial score (nSPS) is 20.8. The number of likely N-dealkylation sites (tertiary alicyclic amines) is 1. The molecular weight excluding hydrogens is 341 g/mol. The lowest BCUT2D eigenvalue weighted by Gasteiger charge is -2.19. The molecular formula is C17H22FN5OS. The summed E-state index contributed by atoms with van der Waals surface area (Å²) in [5, 5.41) is 2.86. The van der Waals surface area contributed by atoms with Crippen molar-refractivity contribution in [3.8, 4) is 0 Å². The molecule has 1 aliphatic heterocycles.